The van der Waals surface area contributed by atoms with Crippen molar-refractivity contribution in [1.82, 2.24) is 24.6 Å². The van der Waals surface area contributed by atoms with Crippen LogP contribution in [-0.2, 0) is 6.61 Å². The average Bonchev–Trinajstić information content (AvgIpc) is 3.68. The van der Waals surface area contributed by atoms with Crippen LogP contribution >= 0.6 is 34.0 Å². The summed E-state index contributed by atoms with van der Waals surface area (Å²) in [5, 5.41) is 7.12. The second-order valence-electron chi connectivity index (χ2n) is 11.0. The number of ether oxygens (including phenoxy) is 2. The third kappa shape index (κ3) is 5.74. The Morgan fingerprint density at radius 3 is 2.46 bits per heavy atom. The molecule has 0 fully saturated rings. The van der Waals surface area contributed by atoms with E-state index in [0.717, 1.165) is 57.6 Å². The van der Waals surface area contributed by atoms with Crippen LogP contribution in [0.4, 0.5) is 0 Å². The number of imidazole rings is 1. The molecule has 41 heavy (non-hydrogen) atoms. The summed E-state index contributed by atoms with van der Waals surface area (Å²) in [5.74, 6) is 1.52. The van der Waals surface area contributed by atoms with Gasteiger partial charge in [-0.3, -0.25) is 4.79 Å². The lowest BCUT2D eigenvalue weighted by atomic mass is 9.88. The van der Waals surface area contributed by atoms with Crippen LogP contribution in [0.25, 0.3) is 36.5 Å². The van der Waals surface area contributed by atoms with Gasteiger partial charge in [-0.05, 0) is 19.3 Å². The van der Waals surface area contributed by atoms with Crippen molar-refractivity contribution in [3.05, 3.63) is 63.7 Å². The maximum absolute atomic E-state index is 12.6. The summed E-state index contributed by atoms with van der Waals surface area (Å²) in [7, 11) is 1.63. The van der Waals surface area contributed by atoms with Crippen molar-refractivity contribution in [2.45, 2.75) is 47.6 Å². The largest absolute Gasteiger partial charge is 0.497 e. The molecule has 0 radical (unpaired) electrons. The number of aryl methyl sites for hydroxylation is 2. The van der Waals surface area contributed by atoms with E-state index in [1.165, 1.54) is 11.3 Å². The molecule has 0 saturated carbocycles. The summed E-state index contributed by atoms with van der Waals surface area (Å²) in [6.45, 7) is 10.5. The standard InChI is InChI=1S/C30H29N5O3S3/c1-16-23(32-27(39-16)19-9-7-18(8-10-19)24(36)13-30(3,4)5)15-38-25-12-20(37-6)11-21-26(25)41-28(31-21)22-14-35-29(33-22)40-17(2)34-35/h7-12,14H,13,15H2,1-6H3. The molecule has 4 heterocycles. The zero-order valence-corrected chi connectivity index (χ0v) is 26.1. The van der Waals surface area contributed by atoms with Crippen molar-refractivity contribution >= 4 is 55.0 Å². The summed E-state index contributed by atoms with van der Waals surface area (Å²) in [4.78, 5) is 28.9. The fraction of sp³-hybridized carbons (Fsp3) is 0.300. The Morgan fingerprint density at radius 2 is 1.76 bits per heavy atom. The van der Waals surface area contributed by atoms with Crippen molar-refractivity contribution in [3.63, 3.8) is 0 Å². The number of hydrogen-bond donors (Lipinski definition) is 0. The van der Waals surface area contributed by atoms with E-state index < -0.39 is 0 Å². The highest BCUT2D eigenvalue weighted by atomic mass is 32.1. The normalized spacial score (nSPS) is 12.0. The molecule has 6 aromatic rings. The second-order valence-corrected chi connectivity index (χ2v) is 14.4. The predicted octanol–water partition coefficient (Wildman–Crippen LogP) is 8.01. The molecule has 0 aliphatic heterocycles. The van der Waals surface area contributed by atoms with Crippen molar-refractivity contribution in [2.75, 3.05) is 7.11 Å². The summed E-state index contributed by atoms with van der Waals surface area (Å²) < 4.78 is 14.6. The first-order chi connectivity index (χ1) is 19.6. The Morgan fingerprint density at radius 1 is 0.976 bits per heavy atom. The second kappa shape index (κ2) is 10.6. The summed E-state index contributed by atoms with van der Waals surface area (Å²) >= 11 is 4.70. The van der Waals surface area contributed by atoms with Gasteiger partial charge in [-0.15, -0.1) is 22.7 Å². The molecule has 11 heteroatoms. The maximum Gasteiger partial charge on any atom is 0.212 e. The molecular formula is C30H29N5O3S3. The molecule has 6 rings (SSSR count). The molecule has 4 aromatic heterocycles. The van der Waals surface area contributed by atoms with Crippen LogP contribution < -0.4 is 9.47 Å². The zero-order chi connectivity index (χ0) is 28.9. The number of ketones is 1. The van der Waals surface area contributed by atoms with Crippen LogP contribution in [-0.4, -0.2) is 37.5 Å². The molecule has 2 aromatic carbocycles. The summed E-state index contributed by atoms with van der Waals surface area (Å²) in [6, 6.07) is 11.5. The van der Waals surface area contributed by atoms with E-state index in [2.05, 4.69) is 25.9 Å². The van der Waals surface area contributed by atoms with Crippen molar-refractivity contribution in [1.29, 1.82) is 0 Å². The fourth-order valence-electron chi connectivity index (χ4n) is 4.43. The number of nitrogens with zero attached hydrogens (tertiary/aromatic N) is 5. The average molecular weight is 604 g/mol. The number of aromatic nitrogens is 5. The Labute approximate surface area is 249 Å². The SMILES string of the molecule is COc1cc(OCc2nc(-c3ccc(C(=O)CC(C)(C)C)cc3)sc2C)c2sc(-c3cn4nc(C)sc4n3)nc2c1. The van der Waals surface area contributed by atoms with Crippen LogP contribution in [0, 0.1) is 19.3 Å². The van der Waals surface area contributed by atoms with Gasteiger partial charge < -0.3 is 9.47 Å². The lowest BCUT2D eigenvalue weighted by Crippen LogP contribution is -2.12. The number of carbonyl (C=O) groups is 1. The molecule has 0 spiro atoms. The number of carbonyl (C=O) groups excluding carboxylic acids is 1. The van der Waals surface area contributed by atoms with Gasteiger partial charge in [0.1, 0.15) is 38.8 Å². The third-order valence-corrected chi connectivity index (χ3v) is 9.44. The molecule has 210 valence electrons. The Kier molecular flexibility index (Phi) is 7.13. The van der Waals surface area contributed by atoms with Gasteiger partial charge in [0.15, 0.2) is 5.78 Å². The monoisotopic (exact) mass is 603 g/mol. The van der Waals surface area contributed by atoms with Crippen molar-refractivity contribution in [3.8, 4) is 32.8 Å². The number of fused-ring (bicyclic) bond motifs is 2. The van der Waals surface area contributed by atoms with E-state index in [0.29, 0.717) is 24.5 Å². The first kappa shape index (κ1) is 27.5. The Balaban J connectivity index is 1.23. The number of rotatable bonds is 8. The molecular weight excluding hydrogens is 575 g/mol. The minimum Gasteiger partial charge on any atom is -0.497 e. The summed E-state index contributed by atoms with van der Waals surface area (Å²) in [5.41, 5.74) is 4.11. The van der Waals surface area contributed by atoms with Crippen molar-refractivity contribution < 1.29 is 14.3 Å². The molecule has 0 aliphatic rings. The number of benzene rings is 2. The molecule has 0 bridgehead atoms. The molecule has 0 unspecified atom stereocenters. The van der Waals surface area contributed by atoms with Crippen LogP contribution in [0.2, 0.25) is 0 Å². The van der Waals surface area contributed by atoms with E-state index in [1.807, 2.05) is 56.4 Å². The van der Waals surface area contributed by atoms with Crippen LogP contribution in [0.3, 0.4) is 0 Å². The van der Waals surface area contributed by atoms with Gasteiger partial charge in [-0.25, -0.2) is 19.5 Å². The van der Waals surface area contributed by atoms with E-state index in [9.17, 15) is 4.79 Å². The van der Waals surface area contributed by atoms with Gasteiger partial charge in [-0.1, -0.05) is 56.4 Å². The molecule has 0 N–H and O–H groups in total. The fourth-order valence-corrected chi connectivity index (χ4v) is 7.04. The zero-order valence-electron chi connectivity index (χ0n) is 23.6. The van der Waals surface area contributed by atoms with Gasteiger partial charge in [0.05, 0.1) is 29.2 Å². The van der Waals surface area contributed by atoms with Crippen molar-refractivity contribution in [2.24, 2.45) is 5.41 Å². The van der Waals surface area contributed by atoms with E-state index in [-0.39, 0.29) is 11.2 Å². The predicted molar refractivity (Wildman–Crippen MR) is 166 cm³/mol. The van der Waals surface area contributed by atoms with Crippen LogP contribution in [0.5, 0.6) is 11.5 Å². The maximum atomic E-state index is 12.6. The smallest absolute Gasteiger partial charge is 0.212 e. The van der Waals surface area contributed by atoms with Crippen LogP contribution in [0.15, 0.2) is 42.6 Å². The van der Waals surface area contributed by atoms with Gasteiger partial charge in [-0.2, -0.15) is 5.10 Å². The lowest BCUT2D eigenvalue weighted by molar-refractivity contribution is 0.0940. The van der Waals surface area contributed by atoms with Gasteiger partial charge >= 0.3 is 0 Å². The quantitative estimate of drug-likeness (QED) is 0.163. The lowest BCUT2D eigenvalue weighted by Gasteiger charge is -2.16. The Hall–Kier alpha value is -3.67. The third-order valence-electron chi connectivity index (χ3n) is 6.43. The number of thiazole rings is 2. The number of hydrogen-bond acceptors (Lipinski definition) is 10. The first-order valence-electron chi connectivity index (χ1n) is 13.1. The Bertz CT molecular complexity index is 1860. The van der Waals surface area contributed by atoms with E-state index in [4.69, 9.17) is 24.4 Å². The first-order valence-corrected chi connectivity index (χ1v) is 15.6. The number of methoxy groups -OCH3 is 1. The molecule has 0 amide bonds. The highest BCUT2D eigenvalue weighted by Gasteiger charge is 2.19. The van der Waals surface area contributed by atoms with Gasteiger partial charge in [0.2, 0.25) is 4.96 Å². The molecule has 8 nitrogen and oxygen atoms in total. The minimum atomic E-state index is -0.0426. The molecule has 0 aliphatic carbocycles. The molecule has 0 atom stereocenters. The molecule has 0 saturated heterocycles. The topological polar surface area (TPSA) is 91.5 Å². The van der Waals surface area contributed by atoms with Gasteiger partial charge in [0, 0.05) is 34.6 Å². The number of Topliss-reactive ketones (excluding diaryl/α,β-unsaturated/α-hetero) is 1. The van der Waals surface area contributed by atoms with E-state index in [1.54, 1.807) is 34.3 Å². The highest BCUT2D eigenvalue weighted by Crippen LogP contribution is 2.39. The van der Waals surface area contributed by atoms with E-state index >= 15 is 0 Å². The highest BCUT2D eigenvalue weighted by molar-refractivity contribution is 7.22. The minimum absolute atomic E-state index is 0.0426. The summed E-state index contributed by atoms with van der Waals surface area (Å²) in [6.07, 6.45) is 2.42. The van der Waals surface area contributed by atoms with Gasteiger partial charge in [0.25, 0.3) is 0 Å². The van der Waals surface area contributed by atoms with Crippen LogP contribution in [0.1, 0.15) is 53.1 Å².